The fraction of sp³-hybridized carbons (Fsp3) is 0.350. The van der Waals surface area contributed by atoms with Gasteiger partial charge in [-0.3, -0.25) is 4.79 Å². The van der Waals surface area contributed by atoms with Gasteiger partial charge in [0.2, 0.25) is 0 Å². The van der Waals surface area contributed by atoms with Gasteiger partial charge in [-0.15, -0.1) is 0 Å². The van der Waals surface area contributed by atoms with Crippen LogP contribution in [0.5, 0.6) is 5.75 Å². The molecule has 0 aliphatic carbocycles. The molecular formula is C20H21ClN2O2. The van der Waals surface area contributed by atoms with Gasteiger partial charge in [-0.2, -0.15) is 0 Å². The largest absolute Gasteiger partial charge is 0.480 e. The van der Waals surface area contributed by atoms with Crippen molar-refractivity contribution in [3.8, 4) is 5.75 Å². The maximum absolute atomic E-state index is 12.7. The van der Waals surface area contributed by atoms with E-state index in [1.807, 2.05) is 42.5 Å². The first-order chi connectivity index (χ1) is 12.2. The molecule has 1 N–H and O–H groups in total. The predicted octanol–water partition coefficient (Wildman–Crippen LogP) is 4.27. The summed E-state index contributed by atoms with van der Waals surface area (Å²) in [6.07, 6.45) is 3.72. The molecule has 4 nitrogen and oxygen atoms in total. The van der Waals surface area contributed by atoms with Crippen LogP contribution >= 0.6 is 11.6 Å². The second-order valence-electron chi connectivity index (χ2n) is 6.62. The fourth-order valence-corrected chi connectivity index (χ4v) is 3.73. The lowest BCUT2D eigenvalue weighted by Gasteiger charge is -2.30. The zero-order chi connectivity index (χ0) is 17.2. The van der Waals surface area contributed by atoms with Crippen molar-refractivity contribution in [1.29, 1.82) is 0 Å². The van der Waals surface area contributed by atoms with Gasteiger partial charge in [0, 0.05) is 24.5 Å². The summed E-state index contributed by atoms with van der Waals surface area (Å²) in [5, 5.41) is 3.65. The van der Waals surface area contributed by atoms with E-state index in [-0.39, 0.29) is 5.91 Å². The van der Waals surface area contributed by atoms with Crippen LogP contribution in [0.25, 0.3) is 0 Å². The van der Waals surface area contributed by atoms with Crippen LogP contribution in [0.4, 0.5) is 11.4 Å². The van der Waals surface area contributed by atoms with Gasteiger partial charge in [-0.1, -0.05) is 29.8 Å². The number of nitrogens with zero attached hydrogens (tertiary/aromatic N) is 1. The van der Waals surface area contributed by atoms with Crippen molar-refractivity contribution in [2.24, 2.45) is 0 Å². The molecule has 25 heavy (non-hydrogen) atoms. The standard InChI is InChI=1S/C20H21ClN2O2/c21-15-8-9-17(23-10-4-1-5-11-23)16(13-15)22-20(24)19-12-14-6-2-3-7-18(14)25-19/h2-3,6-9,13,19H,1,4-5,10-12H2,(H,22,24). The lowest BCUT2D eigenvalue weighted by atomic mass is 10.1. The van der Waals surface area contributed by atoms with E-state index in [2.05, 4.69) is 10.2 Å². The number of fused-ring (bicyclic) bond motifs is 1. The Morgan fingerprint density at radius 3 is 2.72 bits per heavy atom. The molecule has 2 aliphatic rings. The molecule has 130 valence electrons. The number of amides is 1. The summed E-state index contributed by atoms with van der Waals surface area (Å²) < 4.78 is 5.80. The van der Waals surface area contributed by atoms with E-state index in [1.54, 1.807) is 0 Å². The molecular weight excluding hydrogens is 336 g/mol. The van der Waals surface area contributed by atoms with E-state index in [1.165, 1.54) is 19.3 Å². The van der Waals surface area contributed by atoms with Gasteiger partial charge in [-0.05, 0) is 49.1 Å². The zero-order valence-electron chi connectivity index (χ0n) is 14.0. The molecule has 5 heteroatoms. The van der Waals surface area contributed by atoms with E-state index < -0.39 is 6.10 Å². The highest BCUT2D eigenvalue weighted by Crippen LogP contribution is 2.33. The molecule has 4 rings (SSSR count). The van der Waals surface area contributed by atoms with Crippen LogP contribution in [0.2, 0.25) is 5.02 Å². The minimum absolute atomic E-state index is 0.128. The minimum atomic E-state index is -0.495. The number of carbonyl (C=O) groups excluding carboxylic acids is 1. The molecule has 2 aromatic rings. The summed E-state index contributed by atoms with van der Waals surface area (Å²) in [6, 6.07) is 13.5. The van der Waals surface area contributed by atoms with Gasteiger partial charge in [0.1, 0.15) is 5.75 Å². The number of rotatable bonds is 3. The number of halogens is 1. The van der Waals surface area contributed by atoms with Gasteiger partial charge in [-0.25, -0.2) is 0 Å². The molecule has 2 aliphatic heterocycles. The van der Waals surface area contributed by atoms with E-state index in [9.17, 15) is 4.79 Å². The first kappa shape index (κ1) is 16.3. The summed E-state index contributed by atoms with van der Waals surface area (Å²) in [5.74, 6) is 0.668. The highest BCUT2D eigenvalue weighted by Gasteiger charge is 2.29. The molecule has 2 heterocycles. The number of hydrogen-bond donors (Lipinski definition) is 1. The van der Waals surface area contributed by atoms with Crippen molar-refractivity contribution in [1.82, 2.24) is 0 Å². The van der Waals surface area contributed by atoms with Gasteiger partial charge >= 0.3 is 0 Å². The second kappa shape index (κ2) is 6.96. The van der Waals surface area contributed by atoms with Gasteiger partial charge in [0.15, 0.2) is 6.10 Å². The molecule has 1 unspecified atom stereocenters. The molecule has 0 radical (unpaired) electrons. The molecule has 0 saturated carbocycles. The van der Waals surface area contributed by atoms with Crippen LogP contribution in [0.15, 0.2) is 42.5 Å². The van der Waals surface area contributed by atoms with Crippen LogP contribution in [-0.4, -0.2) is 25.1 Å². The third-order valence-electron chi connectivity index (χ3n) is 4.85. The number of hydrogen-bond acceptors (Lipinski definition) is 3. The normalized spacial score (nSPS) is 19.2. The van der Waals surface area contributed by atoms with E-state index in [4.69, 9.17) is 16.3 Å². The van der Waals surface area contributed by atoms with Crippen LogP contribution in [0, 0.1) is 0 Å². The van der Waals surface area contributed by atoms with Crippen LogP contribution in [-0.2, 0) is 11.2 Å². The Morgan fingerprint density at radius 2 is 1.92 bits per heavy atom. The predicted molar refractivity (Wildman–Crippen MR) is 101 cm³/mol. The third-order valence-corrected chi connectivity index (χ3v) is 5.09. The number of para-hydroxylation sites is 1. The quantitative estimate of drug-likeness (QED) is 0.892. The van der Waals surface area contributed by atoms with E-state index in [0.717, 1.165) is 35.8 Å². The SMILES string of the molecule is O=C(Nc1cc(Cl)ccc1N1CCCCC1)C1Cc2ccccc2O1. The number of benzene rings is 2. The van der Waals surface area contributed by atoms with E-state index in [0.29, 0.717) is 11.4 Å². The summed E-state index contributed by atoms with van der Waals surface area (Å²) >= 11 is 6.17. The smallest absolute Gasteiger partial charge is 0.265 e. The molecule has 0 bridgehead atoms. The van der Waals surface area contributed by atoms with Crippen molar-refractivity contribution < 1.29 is 9.53 Å². The van der Waals surface area contributed by atoms with Crippen molar-refractivity contribution in [3.05, 3.63) is 53.1 Å². The average Bonchev–Trinajstić information content (AvgIpc) is 3.07. The van der Waals surface area contributed by atoms with Crippen molar-refractivity contribution in [3.63, 3.8) is 0 Å². The van der Waals surface area contributed by atoms with Crippen molar-refractivity contribution in [2.75, 3.05) is 23.3 Å². The summed E-state index contributed by atoms with van der Waals surface area (Å²) in [7, 11) is 0. The molecule has 0 spiro atoms. The zero-order valence-corrected chi connectivity index (χ0v) is 14.8. The lowest BCUT2D eigenvalue weighted by Crippen LogP contribution is -2.34. The number of piperidine rings is 1. The summed E-state index contributed by atoms with van der Waals surface area (Å²) in [6.45, 7) is 2.02. The second-order valence-corrected chi connectivity index (χ2v) is 7.05. The van der Waals surface area contributed by atoms with Crippen molar-refractivity contribution >= 4 is 28.9 Å². The van der Waals surface area contributed by atoms with Crippen LogP contribution in [0.1, 0.15) is 24.8 Å². The van der Waals surface area contributed by atoms with Crippen LogP contribution in [0.3, 0.4) is 0 Å². The molecule has 1 atom stereocenters. The first-order valence-electron chi connectivity index (χ1n) is 8.80. The van der Waals surface area contributed by atoms with Crippen LogP contribution < -0.4 is 15.0 Å². The van der Waals surface area contributed by atoms with Crippen molar-refractivity contribution in [2.45, 2.75) is 31.8 Å². The minimum Gasteiger partial charge on any atom is -0.480 e. The molecule has 1 saturated heterocycles. The summed E-state index contributed by atoms with van der Waals surface area (Å²) in [4.78, 5) is 15.1. The Hall–Kier alpha value is -2.20. The lowest BCUT2D eigenvalue weighted by molar-refractivity contribution is -0.122. The maximum atomic E-state index is 12.7. The monoisotopic (exact) mass is 356 g/mol. The Kier molecular flexibility index (Phi) is 4.53. The number of anilines is 2. The third kappa shape index (κ3) is 3.45. The Morgan fingerprint density at radius 1 is 1.12 bits per heavy atom. The van der Waals surface area contributed by atoms with Gasteiger partial charge < -0.3 is 15.0 Å². The maximum Gasteiger partial charge on any atom is 0.265 e. The van der Waals surface area contributed by atoms with E-state index >= 15 is 0 Å². The highest BCUT2D eigenvalue weighted by atomic mass is 35.5. The average molecular weight is 357 g/mol. The number of ether oxygens (including phenoxy) is 1. The summed E-state index contributed by atoms with van der Waals surface area (Å²) in [5.41, 5.74) is 2.87. The number of nitrogens with one attached hydrogen (secondary N) is 1. The molecule has 1 fully saturated rings. The Bertz CT molecular complexity index is 762. The highest BCUT2D eigenvalue weighted by molar-refractivity contribution is 6.31. The molecule has 2 aromatic carbocycles. The molecule has 1 amide bonds. The number of carbonyl (C=O) groups is 1. The first-order valence-corrected chi connectivity index (χ1v) is 9.18. The molecule has 0 aromatic heterocycles. The Balaban J connectivity index is 1.52. The van der Waals surface area contributed by atoms with Gasteiger partial charge in [0.05, 0.1) is 11.4 Å². The fourth-order valence-electron chi connectivity index (χ4n) is 3.56. The Labute approximate surface area is 152 Å². The van der Waals surface area contributed by atoms with Gasteiger partial charge in [0.25, 0.3) is 5.91 Å². The topological polar surface area (TPSA) is 41.6 Å².